The predicted octanol–water partition coefficient (Wildman–Crippen LogP) is 12.3. The molecule has 0 aromatic heterocycles. The maximum absolute atomic E-state index is 12.8. The van der Waals surface area contributed by atoms with Gasteiger partial charge in [-0.05, 0) is 70.6 Å². The molecular weight excluding hydrogens is 739 g/mol. The zero-order valence-electron chi connectivity index (χ0n) is 38.9. The van der Waals surface area contributed by atoms with Crippen molar-refractivity contribution in [2.45, 2.75) is 219 Å². The predicted molar refractivity (Wildman–Crippen MR) is 245 cm³/mol. The number of ether oxygens (including phenoxy) is 3. The first kappa shape index (κ1) is 56.3. The van der Waals surface area contributed by atoms with Crippen molar-refractivity contribution in [3.63, 3.8) is 0 Å². The monoisotopic (exact) mass is 830 g/mol. The molecule has 0 aromatic carbocycles. The van der Waals surface area contributed by atoms with Crippen LogP contribution in [0.2, 0.25) is 0 Å². The lowest BCUT2D eigenvalue weighted by Gasteiger charge is -2.34. The molecule has 2 atom stereocenters. The number of likely N-dealkylation sites (N-methyl/N-ethyl adjacent to an activating group) is 1. The molecule has 0 rings (SSSR count). The molecule has 59 heavy (non-hydrogen) atoms. The van der Waals surface area contributed by atoms with Crippen LogP contribution in [0, 0.1) is 0 Å². The van der Waals surface area contributed by atoms with Gasteiger partial charge in [0.05, 0.1) is 40.3 Å². The van der Waals surface area contributed by atoms with Crippen molar-refractivity contribution in [3.8, 4) is 0 Å². The summed E-state index contributed by atoms with van der Waals surface area (Å²) < 4.78 is 17.2. The van der Waals surface area contributed by atoms with E-state index in [4.69, 9.17) is 14.2 Å². The minimum absolute atomic E-state index is 0.0346. The number of hydrogen-bond acceptors (Lipinski definition) is 7. The normalized spacial score (nSPS) is 13.3. The Labute approximate surface area is 363 Å². The highest BCUT2D eigenvalue weighted by Crippen LogP contribution is 2.14. The molecule has 8 heteroatoms. The third-order valence-electron chi connectivity index (χ3n) is 10.7. The van der Waals surface area contributed by atoms with Crippen molar-refractivity contribution >= 4 is 17.9 Å². The summed E-state index contributed by atoms with van der Waals surface area (Å²) in [5, 5.41) is 11.6. The quantitative estimate of drug-likeness (QED) is 0.0261. The van der Waals surface area contributed by atoms with Gasteiger partial charge in [-0.3, -0.25) is 9.59 Å². The molecule has 2 unspecified atom stereocenters. The van der Waals surface area contributed by atoms with Crippen molar-refractivity contribution in [2.24, 2.45) is 0 Å². The molecule has 0 spiro atoms. The average molecular weight is 830 g/mol. The van der Waals surface area contributed by atoms with E-state index in [1.165, 1.54) is 103 Å². The number of hydrogen-bond donors (Lipinski definition) is 0. The van der Waals surface area contributed by atoms with Gasteiger partial charge in [0, 0.05) is 19.3 Å². The number of carboxylic acid groups (broad SMARTS) is 1. The summed E-state index contributed by atoms with van der Waals surface area (Å²) in [6, 6.07) is -0.729. The molecule has 0 N–H and O–H groups in total. The number of quaternary nitrogens is 1. The SMILES string of the molecule is CC/C=C/C/C=C/C/C=C/CCCCCCCCC(=O)OCC(COCCC(C(=O)[O-])[N+](C)(C)C)OC(=O)CCCCCCCCC/C=C/CCCCCCCCCC. The summed E-state index contributed by atoms with van der Waals surface area (Å²) >= 11 is 0. The average Bonchev–Trinajstić information content (AvgIpc) is 3.19. The van der Waals surface area contributed by atoms with E-state index >= 15 is 0 Å². The van der Waals surface area contributed by atoms with Crippen LogP contribution in [0.3, 0.4) is 0 Å². The van der Waals surface area contributed by atoms with Gasteiger partial charge < -0.3 is 28.6 Å². The van der Waals surface area contributed by atoms with Crippen molar-refractivity contribution in [3.05, 3.63) is 48.6 Å². The molecule has 0 amide bonds. The summed E-state index contributed by atoms with van der Waals surface area (Å²) in [7, 11) is 5.41. The molecule has 0 aliphatic carbocycles. The molecule has 0 bridgehead atoms. The molecule has 0 saturated heterocycles. The van der Waals surface area contributed by atoms with Crippen molar-refractivity contribution in [1.29, 1.82) is 0 Å². The highest BCUT2D eigenvalue weighted by Gasteiger charge is 2.25. The highest BCUT2D eigenvalue weighted by atomic mass is 16.6. The van der Waals surface area contributed by atoms with E-state index in [-0.39, 0.29) is 42.7 Å². The van der Waals surface area contributed by atoms with Crippen LogP contribution >= 0.6 is 0 Å². The fourth-order valence-electron chi connectivity index (χ4n) is 6.96. The number of rotatable bonds is 43. The maximum Gasteiger partial charge on any atom is 0.306 e. The van der Waals surface area contributed by atoms with E-state index in [1.54, 1.807) is 21.1 Å². The Morgan fingerprint density at radius 2 is 0.949 bits per heavy atom. The topological polar surface area (TPSA) is 102 Å². The number of nitrogens with zero attached hydrogens (tertiary/aromatic N) is 1. The van der Waals surface area contributed by atoms with Gasteiger partial charge in [0.2, 0.25) is 0 Å². The standard InChI is InChI=1S/C51H91NO7/c1-6-8-10-12-14-16-18-20-22-24-25-26-28-30-32-34-36-38-40-42-50(54)59-47(45-57-44-43-48(51(55)56)52(3,4)5)46-58-49(53)41-39-37-35-33-31-29-27-23-21-19-17-15-13-11-9-7-2/h9,11,15,17,21,23-25,47-48H,6-8,10,12-14,16,18-20,22,26-46H2,1-5H3/b11-9+,17-15+,23-21+,25-24+. The Balaban J connectivity index is 4.30. The number of carbonyl (C=O) groups is 3. The van der Waals surface area contributed by atoms with E-state index in [2.05, 4.69) is 62.5 Å². The molecule has 0 aliphatic heterocycles. The summed E-state index contributed by atoms with van der Waals surface area (Å²) in [4.78, 5) is 37.0. The lowest BCUT2D eigenvalue weighted by molar-refractivity contribution is -0.889. The Kier molecular flexibility index (Phi) is 40.1. The minimum atomic E-state index is -1.13. The van der Waals surface area contributed by atoms with Gasteiger partial charge >= 0.3 is 11.9 Å². The maximum atomic E-state index is 12.8. The van der Waals surface area contributed by atoms with E-state index in [1.807, 2.05) is 0 Å². The first-order valence-corrected chi connectivity index (χ1v) is 24.2. The number of esters is 2. The van der Waals surface area contributed by atoms with Crippen molar-refractivity contribution in [1.82, 2.24) is 0 Å². The van der Waals surface area contributed by atoms with Crippen molar-refractivity contribution in [2.75, 3.05) is 41.0 Å². The smallest absolute Gasteiger partial charge is 0.306 e. The van der Waals surface area contributed by atoms with E-state index in [9.17, 15) is 19.5 Å². The van der Waals surface area contributed by atoms with Crippen LogP contribution in [0.25, 0.3) is 0 Å². The molecular formula is C51H91NO7. The zero-order chi connectivity index (χ0) is 43.5. The zero-order valence-corrected chi connectivity index (χ0v) is 38.9. The molecule has 0 heterocycles. The first-order chi connectivity index (χ1) is 28.6. The lowest BCUT2D eigenvalue weighted by Crippen LogP contribution is -2.55. The second-order valence-electron chi connectivity index (χ2n) is 17.3. The van der Waals surface area contributed by atoms with Crippen LogP contribution in [-0.2, 0) is 28.6 Å². The molecule has 0 aliphatic rings. The highest BCUT2D eigenvalue weighted by molar-refractivity contribution is 5.70. The van der Waals surface area contributed by atoms with E-state index in [0.29, 0.717) is 12.8 Å². The van der Waals surface area contributed by atoms with Gasteiger partial charge in [-0.15, -0.1) is 0 Å². The molecule has 0 saturated carbocycles. The summed E-state index contributed by atoms with van der Waals surface area (Å²) in [6.45, 7) is 4.54. The third-order valence-corrected chi connectivity index (χ3v) is 10.7. The number of aliphatic carboxylic acids is 1. The number of unbranched alkanes of at least 4 members (excludes halogenated alkanes) is 21. The lowest BCUT2D eigenvalue weighted by atomic mass is 10.1. The molecule has 0 aromatic rings. The van der Waals surface area contributed by atoms with Gasteiger partial charge in [-0.25, -0.2) is 0 Å². The van der Waals surface area contributed by atoms with Gasteiger partial charge in [0.25, 0.3) is 0 Å². The van der Waals surface area contributed by atoms with Gasteiger partial charge in [0.1, 0.15) is 12.6 Å². The summed E-state index contributed by atoms with van der Waals surface area (Å²) in [6.07, 6.45) is 49.9. The summed E-state index contributed by atoms with van der Waals surface area (Å²) in [5.41, 5.74) is 0. The van der Waals surface area contributed by atoms with E-state index in [0.717, 1.165) is 70.6 Å². The van der Waals surface area contributed by atoms with E-state index < -0.39 is 18.1 Å². The van der Waals surface area contributed by atoms with Crippen LogP contribution in [-0.4, -0.2) is 75.5 Å². The summed E-state index contributed by atoms with van der Waals surface area (Å²) in [5.74, 6) is -1.75. The minimum Gasteiger partial charge on any atom is -0.544 e. The third kappa shape index (κ3) is 40.5. The second kappa shape index (κ2) is 42.0. The fraction of sp³-hybridized carbons (Fsp3) is 0.784. The van der Waals surface area contributed by atoms with Gasteiger partial charge in [-0.1, -0.05) is 165 Å². The van der Waals surface area contributed by atoms with Gasteiger partial charge in [-0.2, -0.15) is 0 Å². The molecule has 342 valence electrons. The van der Waals surface area contributed by atoms with Crippen LogP contribution in [0.4, 0.5) is 0 Å². The number of carboxylic acids is 1. The Morgan fingerprint density at radius 3 is 1.42 bits per heavy atom. The van der Waals surface area contributed by atoms with Crippen molar-refractivity contribution < 1.29 is 38.2 Å². The van der Waals surface area contributed by atoms with Crippen LogP contribution < -0.4 is 5.11 Å². The Hall–Kier alpha value is -2.71. The second-order valence-corrected chi connectivity index (χ2v) is 17.3. The molecule has 0 fully saturated rings. The molecule has 0 radical (unpaired) electrons. The Bertz CT molecular complexity index is 1110. The fourth-order valence-corrected chi connectivity index (χ4v) is 6.96. The largest absolute Gasteiger partial charge is 0.544 e. The first-order valence-electron chi connectivity index (χ1n) is 24.2. The Morgan fingerprint density at radius 1 is 0.525 bits per heavy atom. The van der Waals surface area contributed by atoms with Crippen LogP contribution in [0.15, 0.2) is 48.6 Å². The van der Waals surface area contributed by atoms with Gasteiger partial charge in [0.15, 0.2) is 6.10 Å². The van der Waals surface area contributed by atoms with Crippen LogP contribution in [0.5, 0.6) is 0 Å². The molecule has 8 nitrogen and oxygen atoms in total. The number of carbonyl (C=O) groups excluding carboxylic acids is 3. The van der Waals surface area contributed by atoms with Crippen LogP contribution in [0.1, 0.15) is 206 Å². The number of allylic oxidation sites excluding steroid dienone is 8.